The van der Waals surface area contributed by atoms with E-state index in [1.807, 2.05) is 6.92 Å². The molecule has 138 valence electrons. The summed E-state index contributed by atoms with van der Waals surface area (Å²) in [6.45, 7) is 5.58. The maximum atomic E-state index is 14.9. The van der Waals surface area contributed by atoms with Crippen molar-refractivity contribution in [3.8, 4) is 0 Å². The number of Topliss-reactive ketones (excluding diaryl/α,β-unsaturated/α-hetero) is 1. The van der Waals surface area contributed by atoms with E-state index in [4.69, 9.17) is 23.2 Å². The van der Waals surface area contributed by atoms with Gasteiger partial charge in [0.15, 0.2) is 0 Å². The van der Waals surface area contributed by atoms with E-state index in [0.29, 0.717) is 23.4 Å². The monoisotopic (exact) mass is 397 g/mol. The maximum Gasteiger partial charge on any atom is 0.145 e. The van der Waals surface area contributed by atoms with Gasteiger partial charge in [0, 0.05) is 29.5 Å². The first-order valence-corrected chi connectivity index (χ1v) is 9.10. The number of benzene rings is 2. The van der Waals surface area contributed by atoms with E-state index < -0.39 is 28.9 Å². The van der Waals surface area contributed by atoms with Gasteiger partial charge in [-0.2, -0.15) is 0 Å². The second-order valence-corrected chi connectivity index (χ2v) is 7.92. The van der Waals surface area contributed by atoms with Gasteiger partial charge in [0.05, 0.1) is 10.0 Å². The molecule has 26 heavy (non-hydrogen) atoms. The van der Waals surface area contributed by atoms with E-state index in [0.717, 1.165) is 0 Å². The summed E-state index contributed by atoms with van der Waals surface area (Å²) >= 11 is 11.9. The summed E-state index contributed by atoms with van der Waals surface area (Å²) in [4.78, 5) is 12.2. The molecule has 3 rings (SSSR count). The fraction of sp³-hybridized carbons (Fsp3) is 0.350. The molecule has 3 atom stereocenters. The van der Waals surface area contributed by atoms with Crippen molar-refractivity contribution in [3.63, 3.8) is 0 Å². The number of fused-ring (bicyclic) bond motifs is 1. The fourth-order valence-electron chi connectivity index (χ4n) is 3.98. The van der Waals surface area contributed by atoms with Crippen LogP contribution in [0.25, 0.3) is 0 Å². The zero-order valence-electron chi connectivity index (χ0n) is 14.7. The molecule has 1 heterocycles. The van der Waals surface area contributed by atoms with E-state index >= 15 is 0 Å². The van der Waals surface area contributed by atoms with E-state index in [1.165, 1.54) is 25.1 Å². The van der Waals surface area contributed by atoms with E-state index in [1.54, 1.807) is 19.1 Å². The third-order valence-corrected chi connectivity index (χ3v) is 6.05. The summed E-state index contributed by atoms with van der Waals surface area (Å²) < 4.78 is 29.0. The van der Waals surface area contributed by atoms with E-state index in [-0.39, 0.29) is 15.8 Å². The van der Waals surface area contributed by atoms with Crippen molar-refractivity contribution in [2.45, 2.75) is 32.1 Å². The molecule has 0 spiro atoms. The van der Waals surface area contributed by atoms with Crippen LogP contribution in [0.2, 0.25) is 10.0 Å². The van der Waals surface area contributed by atoms with Crippen LogP contribution in [-0.2, 0) is 10.2 Å². The highest BCUT2D eigenvalue weighted by molar-refractivity contribution is 6.31. The molecule has 0 aliphatic carbocycles. The molecular weight excluding hydrogens is 379 g/mol. The Bertz CT molecular complexity index is 886. The van der Waals surface area contributed by atoms with Crippen molar-refractivity contribution in [1.29, 1.82) is 0 Å². The molecule has 3 unspecified atom stereocenters. The number of rotatable bonds is 4. The van der Waals surface area contributed by atoms with Gasteiger partial charge in [-0.15, -0.1) is 0 Å². The Morgan fingerprint density at radius 1 is 1.23 bits per heavy atom. The van der Waals surface area contributed by atoms with E-state index in [2.05, 4.69) is 5.32 Å². The Morgan fingerprint density at radius 2 is 1.92 bits per heavy atom. The summed E-state index contributed by atoms with van der Waals surface area (Å²) in [5, 5.41) is 3.24. The summed E-state index contributed by atoms with van der Waals surface area (Å²) in [6.07, 6.45) is 0. The van der Waals surface area contributed by atoms with Crippen LogP contribution in [0.4, 0.5) is 14.5 Å². The van der Waals surface area contributed by atoms with Crippen LogP contribution >= 0.6 is 23.2 Å². The number of anilines is 1. The van der Waals surface area contributed by atoms with Crippen LogP contribution in [0.15, 0.2) is 30.3 Å². The lowest BCUT2D eigenvalue weighted by molar-refractivity contribution is -0.121. The number of carbonyl (C=O) groups is 1. The molecule has 0 bridgehead atoms. The molecule has 1 N–H and O–H groups in total. The van der Waals surface area contributed by atoms with Crippen molar-refractivity contribution in [3.05, 3.63) is 63.1 Å². The Kier molecular flexibility index (Phi) is 5.02. The molecule has 1 aliphatic rings. The Labute approximate surface area is 161 Å². The lowest BCUT2D eigenvalue weighted by atomic mass is 9.64. The van der Waals surface area contributed by atoms with Gasteiger partial charge < -0.3 is 5.32 Å². The minimum Gasteiger partial charge on any atom is -0.384 e. The molecule has 0 aromatic heterocycles. The first kappa shape index (κ1) is 19.1. The predicted octanol–water partition coefficient (Wildman–Crippen LogP) is 5.96. The van der Waals surface area contributed by atoms with Crippen molar-refractivity contribution >= 4 is 34.7 Å². The lowest BCUT2D eigenvalue weighted by Crippen LogP contribution is -2.39. The largest absolute Gasteiger partial charge is 0.384 e. The lowest BCUT2D eigenvalue weighted by Gasteiger charge is -2.38. The van der Waals surface area contributed by atoms with Crippen LogP contribution < -0.4 is 5.32 Å². The molecule has 6 heteroatoms. The fourth-order valence-corrected chi connectivity index (χ4v) is 4.32. The van der Waals surface area contributed by atoms with Gasteiger partial charge in [-0.1, -0.05) is 49.2 Å². The second kappa shape index (κ2) is 6.82. The third-order valence-electron chi connectivity index (χ3n) is 5.47. The second-order valence-electron chi connectivity index (χ2n) is 7.10. The van der Waals surface area contributed by atoms with Gasteiger partial charge in [-0.05, 0) is 36.2 Å². The molecule has 2 aromatic rings. The van der Waals surface area contributed by atoms with Crippen molar-refractivity contribution in [1.82, 2.24) is 0 Å². The van der Waals surface area contributed by atoms with Gasteiger partial charge in [-0.3, -0.25) is 4.79 Å². The Balaban J connectivity index is 2.23. The summed E-state index contributed by atoms with van der Waals surface area (Å²) in [5.41, 5.74) is 1.02. The molecular formula is C20H19Cl2F2NO. The Hall–Kier alpha value is -1.65. The average molecular weight is 398 g/mol. The highest BCUT2D eigenvalue weighted by Gasteiger charge is 2.47. The van der Waals surface area contributed by atoms with Gasteiger partial charge in [0.1, 0.15) is 17.4 Å². The minimum atomic E-state index is -0.711. The third kappa shape index (κ3) is 2.99. The van der Waals surface area contributed by atoms with Gasteiger partial charge in [-0.25, -0.2) is 8.78 Å². The number of carbonyl (C=O) groups excluding carboxylic acids is 1. The average Bonchev–Trinajstić information content (AvgIpc) is 2.89. The van der Waals surface area contributed by atoms with Crippen LogP contribution in [0, 0.1) is 17.6 Å². The highest BCUT2D eigenvalue weighted by atomic mass is 35.5. The quantitative estimate of drug-likeness (QED) is 0.688. The zero-order valence-corrected chi connectivity index (χ0v) is 16.2. The maximum absolute atomic E-state index is 14.9. The molecule has 2 aromatic carbocycles. The van der Waals surface area contributed by atoms with E-state index in [9.17, 15) is 13.6 Å². The summed E-state index contributed by atoms with van der Waals surface area (Å²) in [6, 6.07) is 7.68. The first-order valence-electron chi connectivity index (χ1n) is 8.34. The summed E-state index contributed by atoms with van der Waals surface area (Å²) in [5.74, 6) is -2.16. The van der Waals surface area contributed by atoms with Crippen LogP contribution in [-0.4, -0.2) is 12.3 Å². The normalized spacial score (nSPS) is 21.0. The van der Waals surface area contributed by atoms with Gasteiger partial charge in [0.2, 0.25) is 0 Å². The number of ketones is 1. The van der Waals surface area contributed by atoms with Crippen molar-refractivity contribution in [2.75, 3.05) is 11.9 Å². The van der Waals surface area contributed by atoms with Gasteiger partial charge >= 0.3 is 0 Å². The number of hydrogen-bond donors (Lipinski definition) is 1. The predicted molar refractivity (Wildman–Crippen MR) is 101 cm³/mol. The van der Waals surface area contributed by atoms with Crippen LogP contribution in [0.1, 0.15) is 37.8 Å². The first-order chi connectivity index (χ1) is 12.2. The molecule has 1 aliphatic heterocycles. The smallest absolute Gasteiger partial charge is 0.145 e. The number of halogens is 4. The molecule has 0 saturated carbocycles. The summed E-state index contributed by atoms with van der Waals surface area (Å²) in [7, 11) is 0. The number of nitrogens with one attached hydrogen (secondary N) is 1. The van der Waals surface area contributed by atoms with Crippen LogP contribution in [0.5, 0.6) is 0 Å². The Morgan fingerprint density at radius 3 is 2.58 bits per heavy atom. The van der Waals surface area contributed by atoms with Gasteiger partial charge in [0.25, 0.3) is 0 Å². The number of hydrogen-bond acceptors (Lipinski definition) is 2. The highest BCUT2D eigenvalue weighted by Crippen LogP contribution is 2.51. The van der Waals surface area contributed by atoms with Crippen molar-refractivity contribution < 1.29 is 13.6 Å². The zero-order chi connectivity index (χ0) is 19.2. The molecule has 2 nitrogen and oxygen atoms in total. The topological polar surface area (TPSA) is 29.1 Å². The molecule has 0 radical (unpaired) electrons. The SMILES string of the molecule is CC(=O)C(C)C(c1cccc(Cl)c1F)C1(C)CNc2cc(Cl)c(F)cc21. The standard InChI is InChI=1S/C20H19Cl2F2NO/c1-10(11(2)26)18(12-5-4-6-14(21)19(12)24)20(3)9-25-17-8-15(22)16(23)7-13(17)20/h4-8,10,18,25H,9H2,1-3H3. The van der Waals surface area contributed by atoms with Crippen LogP contribution in [0.3, 0.4) is 0 Å². The minimum absolute atomic E-state index is 0.000295. The molecule has 0 amide bonds. The van der Waals surface area contributed by atoms with Crippen molar-refractivity contribution in [2.24, 2.45) is 5.92 Å². The molecule has 0 saturated heterocycles. The molecule has 0 fully saturated rings.